The van der Waals surface area contributed by atoms with Gasteiger partial charge in [0.15, 0.2) is 0 Å². The number of nitrogens with zero attached hydrogens (tertiary/aromatic N) is 2. The quantitative estimate of drug-likeness (QED) is 0.816. The first-order valence-corrected chi connectivity index (χ1v) is 10.1. The van der Waals surface area contributed by atoms with Crippen LogP contribution in [-0.4, -0.2) is 58.0 Å². The zero-order valence-electron chi connectivity index (χ0n) is 15.4. The van der Waals surface area contributed by atoms with E-state index in [0.717, 1.165) is 24.8 Å². The maximum atomic E-state index is 13.3. The van der Waals surface area contributed by atoms with Crippen molar-refractivity contribution in [3.8, 4) is 5.75 Å². The molecule has 1 aliphatic heterocycles. The average Bonchev–Trinajstić information content (AvgIpc) is 2.80. The molecule has 0 aliphatic carbocycles. The minimum Gasteiger partial charge on any atom is -0.495 e. The highest BCUT2D eigenvalue weighted by Crippen LogP contribution is 2.31. The Kier molecular flexibility index (Phi) is 6.28. The molecule has 0 bridgehead atoms. The molecule has 1 atom stereocenters. The van der Waals surface area contributed by atoms with Gasteiger partial charge in [-0.05, 0) is 50.6 Å². The van der Waals surface area contributed by atoms with Crippen LogP contribution < -0.4 is 4.74 Å². The van der Waals surface area contributed by atoms with E-state index in [9.17, 15) is 8.42 Å². The lowest BCUT2D eigenvalue weighted by Gasteiger charge is -2.28. The van der Waals surface area contributed by atoms with Gasteiger partial charge < -0.3 is 9.64 Å². The molecular weight excluding hydrogens is 324 g/mol. The SMILES string of the molecule is COc1ccc(C(C)C)cc1S(=O)(=O)N1CCCCC(N(C)C)C1. The number of rotatable bonds is 5. The fraction of sp³-hybridized carbons (Fsp3) is 0.667. The Bertz CT molecular complexity index is 656. The molecule has 1 aromatic rings. The summed E-state index contributed by atoms with van der Waals surface area (Å²) in [6.45, 7) is 5.23. The molecule has 1 fully saturated rings. The largest absolute Gasteiger partial charge is 0.495 e. The molecule has 0 spiro atoms. The molecule has 1 saturated heterocycles. The number of ether oxygens (including phenoxy) is 1. The standard InChI is InChI=1S/C18H30N2O3S/c1-14(2)15-9-10-17(23-5)18(12-15)24(21,22)20-11-7-6-8-16(13-20)19(3)4/h9-10,12,14,16H,6-8,11,13H2,1-5H3. The van der Waals surface area contributed by atoms with Gasteiger partial charge in [-0.25, -0.2) is 8.42 Å². The summed E-state index contributed by atoms with van der Waals surface area (Å²) < 4.78 is 33.6. The fourth-order valence-corrected chi connectivity index (χ4v) is 4.83. The molecule has 6 heteroatoms. The predicted molar refractivity (Wildman–Crippen MR) is 97.2 cm³/mol. The van der Waals surface area contributed by atoms with Crippen molar-refractivity contribution in [2.24, 2.45) is 0 Å². The second-order valence-corrected chi connectivity index (χ2v) is 8.95. The number of likely N-dealkylation sites (N-methyl/N-ethyl adjacent to an activating group) is 1. The van der Waals surface area contributed by atoms with E-state index in [2.05, 4.69) is 18.7 Å². The minimum absolute atomic E-state index is 0.251. The van der Waals surface area contributed by atoms with Crippen molar-refractivity contribution in [2.75, 3.05) is 34.3 Å². The summed E-state index contributed by atoms with van der Waals surface area (Å²) >= 11 is 0. The lowest BCUT2D eigenvalue weighted by molar-refractivity contribution is 0.248. The molecule has 0 radical (unpaired) electrons. The molecule has 0 N–H and O–H groups in total. The van der Waals surface area contributed by atoms with Crippen molar-refractivity contribution in [2.45, 2.75) is 50.0 Å². The molecule has 24 heavy (non-hydrogen) atoms. The van der Waals surface area contributed by atoms with Gasteiger partial charge in [-0.2, -0.15) is 4.31 Å². The van der Waals surface area contributed by atoms with Crippen LogP contribution >= 0.6 is 0 Å². The zero-order chi connectivity index (χ0) is 17.9. The fourth-order valence-electron chi connectivity index (χ4n) is 3.12. The Morgan fingerprint density at radius 1 is 1.25 bits per heavy atom. The summed E-state index contributed by atoms with van der Waals surface area (Å²) in [5, 5.41) is 0. The van der Waals surface area contributed by atoms with Gasteiger partial charge in [0.2, 0.25) is 10.0 Å². The van der Waals surface area contributed by atoms with Crippen molar-refractivity contribution < 1.29 is 13.2 Å². The molecule has 0 aromatic heterocycles. The second kappa shape index (κ2) is 7.85. The third-order valence-electron chi connectivity index (χ3n) is 4.81. The summed E-state index contributed by atoms with van der Waals surface area (Å²) in [4.78, 5) is 2.41. The van der Waals surface area contributed by atoms with Crippen molar-refractivity contribution in [3.63, 3.8) is 0 Å². The molecule has 1 unspecified atom stereocenters. The van der Waals surface area contributed by atoms with E-state index in [-0.39, 0.29) is 16.9 Å². The van der Waals surface area contributed by atoms with Gasteiger partial charge in [-0.1, -0.05) is 26.3 Å². The Morgan fingerprint density at radius 2 is 1.96 bits per heavy atom. The van der Waals surface area contributed by atoms with Gasteiger partial charge in [-0.15, -0.1) is 0 Å². The van der Waals surface area contributed by atoms with Crippen LogP contribution in [0.2, 0.25) is 0 Å². The van der Waals surface area contributed by atoms with Crippen LogP contribution in [0.1, 0.15) is 44.6 Å². The molecule has 2 rings (SSSR count). The second-order valence-electron chi connectivity index (χ2n) is 7.04. The minimum atomic E-state index is -3.57. The lowest BCUT2D eigenvalue weighted by Crippen LogP contribution is -2.42. The molecule has 136 valence electrons. The van der Waals surface area contributed by atoms with Crippen LogP contribution in [0.3, 0.4) is 0 Å². The van der Waals surface area contributed by atoms with Crippen LogP contribution in [-0.2, 0) is 10.0 Å². The Hall–Kier alpha value is -1.11. The van der Waals surface area contributed by atoms with E-state index in [1.54, 1.807) is 16.4 Å². The summed E-state index contributed by atoms with van der Waals surface area (Å²) in [6.07, 6.45) is 2.98. The third-order valence-corrected chi connectivity index (χ3v) is 6.70. The first kappa shape index (κ1) is 19.2. The van der Waals surface area contributed by atoms with Crippen LogP contribution in [0.5, 0.6) is 5.75 Å². The normalized spacial score (nSPS) is 20.4. The van der Waals surface area contributed by atoms with E-state index in [1.807, 2.05) is 20.2 Å². The first-order valence-electron chi connectivity index (χ1n) is 8.62. The van der Waals surface area contributed by atoms with Gasteiger partial charge >= 0.3 is 0 Å². The maximum Gasteiger partial charge on any atom is 0.246 e. The number of hydrogen-bond donors (Lipinski definition) is 0. The molecule has 0 saturated carbocycles. The van der Waals surface area contributed by atoms with Gasteiger partial charge in [0.05, 0.1) is 7.11 Å². The number of benzene rings is 1. The van der Waals surface area contributed by atoms with Crippen molar-refractivity contribution in [1.82, 2.24) is 9.21 Å². The van der Waals surface area contributed by atoms with E-state index in [1.165, 1.54) is 7.11 Å². The highest BCUT2D eigenvalue weighted by molar-refractivity contribution is 7.89. The molecule has 1 heterocycles. The first-order chi connectivity index (χ1) is 11.3. The Labute approximate surface area is 146 Å². The van der Waals surface area contributed by atoms with Gasteiger partial charge in [0, 0.05) is 19.1 Å². The molecule has 1 aromatic carbocycles. The summed E-state index contributed by atoms with van der Waals surface area (Å²) in [5.41, 5.74) is 1.01. The van der Waals surface area contributed by atoms with Crippen molar-refractivity contribution >= 4 is 10.0 Å². The molecule has 1 aliphatic rings. The predicted octanol–water partition coefficient (Wildman–Crippen LogP) is 2.92. The van der Waals surface area contributed by atoms with E-state index < -0.39 is 10.0 Å². The average molecular weight is 355 g/mol. The van der Waals surface area contributed by atoms with Gasteiger partial charge in [0.25, 0.3) is 0 Å². The van der Waals surface area contributed by atoms with Gasteiger partial charge in [-0.3, -0.25) is 0 Å². The summed E-state index contributed by atoms with van der Waals surface area (Å²) in [6, 6.07) is 5.73. The van der Waals surface area contributed by atoms with E-state index in [4.69, 9.17) is 4.74 Å². The van der Waals surface area contributed by atoms with Crippen LogP contribution in [0.25, 0.3) is 0 Å². The Morgan fingerprint density at radius 3 is 2.54 bits per heavy atom. The summed E-state index contributed by atoms with van der Waals surface area (Å²) in [7, 11) is 1.98. The molecule has 5 nitrogen and oxygen atoms in total. The van der Waals surface area contributed by atoms with Crippen molar-refractivity contribution in [3.05, 3.63) is 23.8 Å². The number of hydrogen-bond acceptors (Lipinski definition) is 4. The van der Waals surface area contributed by atoms with Crippen molar-refractivity contribution in [1.29, 1.82) is 0 Å². The maximum absolute atomic E-state index is 13.3. The smallest absolute Gasteiger partial charge is 0.246 e. The molecule has 0 amide bonds. The van der Waals surface area contributed by atoms with E-state index >= 15 is 0 Å². The lowest BCUT2D eigenvalue weighted by atomic mass is 10.0. The third kappa shape index (κ3) is 4.10. The topological polar surface area (TPSA) is 49.9 Å². The monoisotopic (exact) mass is 354 g/mol. The highest BCUT2D eigenvalue weighted by atomic mass is 32.2. The Balaban J connectivity index is 2.43. The zero-order valence-corrected chi connectivity index (χ0v) is 16.3. The highest BCUT2D eigenvalue weighted by Gasteiger charge is 2.32. The molecular formula is C18H30N2O3S. The number of methoxy groups -OCH3 is 1. The number of sulfonamides is 1. The van der Waals surface area contributed by atoms with Gasteiger partial charge in [0.1, 0.15) is 10.6 Å². The van der Waals surface area contributed by atoms with Crippen LogP contribution in [0, 0.1) is 0 Å². The van der Waals surface area contributed by atoms with Crippen LogP contribution in [0.4, 0.5) is 0 Å². The van der Waals surface area contributed by atoms with Crippen LogP contribution in [0.15, 0.2) is 23.1 Å². The summed E-state index contributed by atoms with van der Waals surface area (Å²) in [5.74, 6) is 0.688. The van der Waals surface area contributed by atoms with E-state index in [0.29, 0.717) is 18.8 Å².